The van der Waals surface area contributed by atoms with Gasteiger partial charge in [0.2, 0.25) is 5.91 Å². The van der Waals surface area contributed by atoms with Crippen molar-refractivity contribution in [1.29, 1.82) is 0 Å². The van der Waals surface area contributed by atoms with Crippen LogP contribution in [0.2, 0.25) is 0 Å². The maximum atomic E-state index is 12.2. The molecule has 1 fully saturated rings. The first-order chi connectivity index (χ1) is 10.2. The van der Waals surface area contributed by atoms with Gasteiger partial charge in [-0.05, 0) is 37.5 Å². The van der Waals surface area contributed by atoms with Crippen LogP contribution < -0.4 is 5.32 Å². The SMILES string of the molecule is Cc1ccc2c(c1)nc(CCl)n2CC(=O)NC1CCCC1. The lowest BCUT2D eigenvalue weighted by Gasteiger charge is -2.13. The average Bonchev–Trinajstić information content (AvgIpc) is 3.06. The molecule has 112 valence electrons. The lowest BCUT2D eigenvalue weighted by Crippen LogP contribution is -2.35. The molecule has 0 aliphatic heterocycles. The van der Waals surface area contributed by atoms with Crippen LogP contribution in [0.5, 0.6) is 0 Å². The van der Waals surface area contributed by atoms with Crippen molar-refractivity contribution in [3.8, 4) is 0 Å². The highest BCUT2D eigenvalue weighted by atomic mass is 35.5. The van der Waals surface area contributed by atoms with E-state index in [1.165, 1.54) is 12.8 Å². The van der Waals surface area contributed by atoms with Crippen LogP contribution in [0.3, 0.4) is 0 Å². The Labute approximate surface area is 129 Å². The Morgan fingerprint density at radius 2 is 2.19 bits per heavy atom. The van der Waals surface area contributed by atoms with Gasteiger partial charge in [-0.2, -0.15) is 0 Å². The summed E-state index contributed by atoms with van der Waals surface area (Å²) in [7, 11) is 0. The van der Waals surface area contributed by atoms with Crippen LogP contribution in [0.4, 0.5) is 0 Å². The van der Waals surface area contributed by atoms with E-state index < -0.39 is 0 Å². The van der Waals surface area contributed by atoms with Crippen LogP contribution in [0, 0.1) is 6.92 Å². The highest BCUT2D eigenvalue weighted by Gasteiger charge is 2.19. The molecule has 1 aromatic heterocycles. The molecule has 0 saturated heterocycles. The van der Waals surface area contributed by atoms with Crippen LogP contribution >= 0.6 is 11.6 Å². The number of alkyl halides is 1. The fourth-order valence-electron chi connectivity index (χ4n) is 3.06. The van der Waals surface area contributed by atoms with Crippen LogP contribution in [-0.4, -0.2) is 21.5 Å². The zero-order valence-corrected chi connectivity index (χ0v) is 13.0. The fourth-order valence-corrected chi connectivity index (χ4v) is 3.26. The molecule has 3 rings (SSSR count). The van der Waals surface area contributed by atoms with Crippen molar-refractivity contribution in [2.75, 3.05) is 0 Å². The van der Waals surface area contributed by atoms with E-state index in [4.69, 9.17) is 11.6 Å². The van der Waals surface area contributed by atoms with Gasteiger partial charge in [0.1, 0.15) is 12.4 Å². The number of fused-ring (bicyclic) bond motifs is 1. The van der Waals surface area contributed by atoms with Crippen molar-refractivity contribution in [1.82, 2.24) is 14.9 Å². The number of benzene rings is 1. The molecule has 0 atom stereocenters. The summed E-state index contributed by atoms with van der Waals surface area (Å²) in [4.78, 5) is 16.8. The molecule has 1 amide bonds. The molecule has 1 N–H and O–H groups in total. The Bertz CT molecular complexity index is 659. The van der Waals surface area contributed by atoms with Crippen molar-refractivity contribution < 1.29 is 4.79 Å². The van der Waals surface area contributed by atoms with E-state index in [0.717, 1.165) is 35.3 Å². The molecule has 2 aromatic rings. The molecule has 1 aliphatic rings. The van der Waals surface area contributed by atoms with Gasteiger partial charge >= 0.3 is 0 Å². The van der Waals surface area contributed by atoms with Gasteiger partial charge in [0, 0.05) is 6.04 Å². The molecule has 21 heavy (non-hydrogen) atoms. The number of nitrogens with zero attached hydrogens (tertiary/aromatic N) is 2. The standard InChI is InChI=1S/C16H20ClN3O/c1-11-6-7-14-13(8-11)19-15(9-17)20(14)10-16(21)18-12-4-2-3-5-12/h6-8,12H,2-5,9-10H2,1H3,(H,18,21). The van der Waals surface area contributed by atoms with E-state index in [1.807, 2.05) is 29.7 Å². The summed E-state index contributed by atoms with van der Waals surface area (Å²) < 4.78 is 1.92. The Morgan fingerprint density at radius 3 is 2.90 bits per heavy atom. The van der Waals surface area contributed by atoms with E-state index in [-0.39, 0.29) is 12.5 Å². The number of aromatic nitrogens is 2. The molecule has 0 spiro atoms. The highest BCUT2D eigenvalue weighted by molar-refractivity contribution is 6.16. The molecule has 0 bridgehead atoms. The van der Waals surface area contributed by atoms with Crippen LogP contribution in [-0.2, 0) is 17.2 Å². The lowest BCUT2D eigenvalue weighted by atomic mass is 10.2. The predicted molar refractivity (Wildman–Crippen MR) is 84.4 cm³/mol. The quantitative estimate of drug-likeness (QED) is 0.882. The van der Waals surface area contributed by atoms with Gasteiger partial charge in [-0.1, -0.05) is 18.9 Å². The number of hydrogen-bond donors (Lipinski definition) is 1. The van der Waals surface area contributed by atoms with E-state index in [2.05, 4.69) is 10.3 Å². The van der Waals surface area contributed by atoms with Crippen molar-refractivity contribution in [3.63, 3.8) is 0 Å². The van der Waals surface area contributed by atoms with Gasteiger partial charge in [0.25, 0.3) is 0 Å². The number of carbonyl (C=O) groups is 1. The minimum Gasteiger partial charge on any atom is -0.352 e. The second-order valence-corrected chi connectivity index (χ2v) is 6.06. The van der Waals surface area contributed by atoms with Gasteiger partial charge in [-0.3, -0.25) is 4.79 Å². The zero-order chi connectivity index (χ0) is 14.8. The molecule has 1 saturated carbocycles. The van der Waals surface area contributed by atoms with Gasteiger partial charge in [-0.25, -0.2) is 4.98 Å². The number of carbonyl (C=O) groups excluding carboxylic acids is 1. The summed E-state index contributed by atoms with van der Waals surface area (Å²) >= 11 is 5.98. The number of amides is 1. The summed E-state index contributed by atoms with van der Waals surface area (Å²) in [6.07, 6.45) is 4.62. The summed E-state index contributed by atoms with van der Waals surface area (Å²) in [5.74, 6) is 1.11. The van der Waals surface area contributed by atoms with Crippen molar-refractivity contribution in [3.05, 3.63) is 29.6 Å². The summed E-state index contributed by atoms with van der Waals surface area (Å²) in [5, 5.41) is 3.11. The van der Waals surface area contributed by atoms with Gasteiger partial charge in [0.05, 0.1) is 16.9 Å². The molecular formula is C16H20ClN3O. The Kier molecular flexibility index (Phi) is 4.15. The van der Waals surface area contributed by atoms with Crippen LogP contribution in [0.1, 0.15) is 37.1 Å². The number of nitrogens with one attached hydrogen (secondary N) is 1. The van der Waals surface area contributed by atoms with E-state index in [0.29, 0.717) is 11.9 Å². The molecule has 1 heterocycles. The molecular weight excluding hydrogens is 286 g/mol. The van der Waals surface area contributed by atoms with Crippen LogP contribution in [0.25, 0.3) is 11.0 Å². The third-order valence-electron chi connectivity index (χ3n) is 4.12. The molecule has 0 unspecified atom stereocenters. The maximum absolute atomic E-state index is 12.2. The van der Waals surface area contributed by atoms with E-state index in [9.17, 15) is 4.79 Å². The third-order valence-corrected chi connectivity index (χ3v) is 4.36. The first kappa shape index (κ1) is 14.4. The Morgan fingerprint density at radius 1 is 1.43 bits per heavy atom. The first-order valence-corrected chi connectivity index (χ1v) is 8.02. The van der Waals surface area contributed by atoms with Gasteiger partial charge < -0.3 is 9.88 Å². The predicted octanol–water partition coefficient (Wildman–Crippen LogP) is 3.14. The Hall–Kier alpha value is -1.55. The second-order valence-electron chi connectivity index (χ2n) is 5.79. The smallest absolute Gasteiger partial charge is 0.240 e. The summed E-state index contributed by atoms with van der Waals surface area (Å²) in [5.41, 5.74) is 3.03. The monoisotopic (exact) mass is 305 g/mol. The lowest BCUT2D eigenvalue weighted by molar-refractivity contribution is -0.122. The van der Waals surface area contributed by atoms with E-state index in [1.54, 1.807) is 0 Å². The van der Waals surface area contributed by atoms with Crippen LogP contribution in [0.15, 0.2) is 18.2 Å². The van der Waals surface area contributed by atoms with Gasteiger partial charge in [-0.15, -0.1) is 11.6 Å². The molecule has 1 aliphatic carbocycles. The minimum atomic E-state index is 0.0492. The zero-order valence-electron chi connectivity index (χ0n) is 12.2. The molecule has 1 aromatic carbocycles. The number of hydrogen-bond acceptors (Lipinski definition) is 2. The maximum Gasteiger partial charge on any atom is 0.240 e. The van der Waals surface area contributed by atoms with E-state index >= 15 is 0 Å². The summed E-state index contributed by atoms with van der Waals surface area (Å²) in [6, 6.07) is 6.41. The van der Waals surface area contributed by atoms with Gasteiger partial charge in [0.15, 0.2) is 0 Å². The third kappa shape index (κ3) is 3.05. The highest BCUT2D eigenvalue weighted by Crippen LogP contribution is 2.20. The largest absolute Gasteiger partial charge is 0.352 e. The first-order valence-electron chi connectivity index (χ1n) is 7.48. The second kappa shape index (κ2) is 6.06. The van der Waals surface area contributed by atoms with Crippen molar-refractivity contribution in [2.24, 2.45) is 0 Å². The Balaban J connectivity index is 1.83. The molecule has 0 radical (unpaired) electrons. The topological polar surface area (TPSA) is 46.9 Å². The van der Waals surface area contributed by atoms with Crippen molar-refractivity contribution >= 4 is 28.5 Å². The average molecular weight is 306 g/mol. The number of halogens is 1. The molecule has 5 heteroatoms. The number of imidazole rings is 1. The summed E-state index contributed by atoms with van der Waals surface area (Å²) in [6.45, 7) is 2.32. The fraction of sp³-hybridized carbons (Fsp3) is 0.500. The molecule has 4 nitrogen and oxygen atoms in total. The normalized spacial score (nSPS) is 15.7. The number of aryl methyl sites for hydroxylation is 1. The van der Waals surface area contributed by atoms with Crippen molar-refractivity contribution in [2.45, 2.75) is 51.1 Å². The minimum absolute atomic E-state index is 0.0492. The number of rotatable bonds is 4.